The van der Waals surface area contributed by atoms with Gasteiger partial charge in [0.05, 0.1) is 11.9 Å². The highest BCUT2D eigenvalue weighted by atomic mass is 32.1. The minimum atomic E-state index is 1.01. The first kappa shape index (κ1) is 13.0. The summed E-state index contributed by atoms with van der Waals surface area (Å²) < 4.78 is 1.93. The number of rotatable bonds is 3. The maximum atomic E-state index is 4.75. The number of aryl methyl sites for hydroxylation is 3. The van der Waals surface area contributed by atoms with Crippen LogP contribution in [0.5, 0.6) is 0 Å². The molecule has 0 aliphatic heterocycles. The van der Waals surface area contributed by atoms with Crippen LogP contribution < -0.4 is 0 Å². The fraction of sp³-hybridized carbons (Fsp3) is 0.412. The molecule has 3 aromatic rings. The number of benzene rings is 1. The van der Waals surface area contributed by atoms with Crippen LogP contribution in [0.4, 0.5) is 0 Å². The summed E-state index contributed by atoms with van der Waals surface area (Å²) in [5.74, 6) is 0. The first-order valence-electron chi connectivity index (χ1n) is 7.81. The Morgan fingerprint density at radius 2 is 2.05 bits per heavy atom. The maximum Gasteiger partial charge on any atom is 0.212 e. The highest BCUT2D eigenvalue weighted by Gasteiger charge is 2.13. The summed E-state index contributed by atoms with van der Waals surface area (Å²) >= 11 is 1.71. The largest absolute Gasteiger partial charge is 0.217 e. The van der Waals surface area contributed by atoms with Crippen molar-refractivity contribution in [2.24, 2.45) is 0 Å². The summed E-state index contributed by atoms with van der Waals surface area (Å²) in [4.78, 5) is 5.76. The van der Waals surface area contributed by atoms with Crippen LogP contribution in [0.15, 0.2) is 24.4 Å². The van der Waals surface area contributed by atoms with Crippen molar-refractivity contribution in [3.05, 3.63) is 40.5 Å². The number of hydrogen-bond donors (Lipinski definition) is 0. The van der Waals surface area contributed by atoms with Gasteiger partial charge in [0.1, 0.15) is 5.01 Å². The van der Waals surface area contributed by atoms with Crippen molar-refractivity contribution in [2.45, 2.75) is 45.4 Å². The van der Waals surface area contributed by atoms with Gasteiger partial charge >= 0.3 is 0 Å². The fourth-order valence-electron chi connectivity index (χ4n) is 3.09. The lowest BCUT2D eigenvalue weighted by atomic mass is 9.90. The first-order valence-corrected chi connectivity index (χ1v) is 8.62. The van der Waals surface area contributed by atoms with E-state index in [1.165, 1.54) is 47.4 Å². The Balaban J connectivity index is 1.70. The molecule has 0 amide bonds. The Hall–Kier alpha value is -1.68. The number of aromatic nitrogens is 3. The van der Waals surface area contributed by atoms with Crippen LogP contribution in [-0.4, -0.2) is 14.6 Å². The molecule has 0 saturated heterocycles. The Labute approximate surface area is 128 Å². The van der Waals surface area contributed by atoms with Crippen LogP contribution in [0.1, 0.15) is 42.3 Å². The second-order valence-corrected chi connectivity index (χ2v) is 6.83. The van der Waals surface area contributed by atoms with Gasteiger partial charge in [0.2, 0.25) is 4.96 Å². The molecule has 2 heterocycles. The molecule has 108 valence electrons. The number of hydrogen-bond acceptors (Lipinski definition) is 3. The van der Waals surface area contributed by atoms with E-state index in [1.807, 2.05) is 4.52 Å². The van der Waals surface area contributed by atoms with E-state index in [4.69, 9.17) is 4.98 Å². The molecule has 1 aliphatic carbocycles. The van der Waals surface area contributed by atoms with E-state index in [1.54, 1.807) is 11.3 Å². The van der Waals surface area contributed by atoms with Crippen LogP contribution in [0.25, 0.3) is 16.2 Å². The van der Waals surface area contributed by atoms with Gasteiger partial charge in [0.25, 0.3) is 0 Å². The quantitative estimate of drug-likeness (QED) is 0.722. The summed E-state index contributed by atoms with van der Waals surface area (Å²) in [5.41, 5.74) is 5.31. The van der Waals surface area contributed by atoms with E-state index >= 15 is 0 Å². The molecule has 0 bridgehead atoms. The Morgan fingerprint density at radius 3 is 2.86 bits per heavy atom. The summed E-state index contributed by atoms with van der Waals surface area (Å²) in [5, 5.41) is 5.79. The standard InChI is InChI=1S/C17H19N3S/c1-2-5-16-19-20-11-15(18-17(20)21-16)14-9-8-12-6-3-4-7-13(12)10-14/h8-11H,2-7H2,1H3. The van der Waals surface area contributed by atoms with E-state index in [-0.39, 0.29) is 0 Å². The molecule has 0 radical (unpaired) electrons. The monoisotopic (exact) mass is 297 g/mol. The van der Waals surface area contributed by atoms with Crippen molar-refractivity contribution < 1.29 is 0 Å². The molecule has 0 atom stereocenters. The van der Waals surface area contributed by atoms with Gasteiger partial charge in [0.15, 0.2) is 0 Å². The molecule has 0 N–H and O–H groups in total. The molecule has 1 aliphatic rings. The van der Waals surface area contributed by atoms with Gasteiger partial charge in [-0.2, -0.15) is 5.10 Å². The molecule has 21 heavy (non-hydrogen) atoms. The van der Waals surface area contributed by atoms with Gasteiger partial charge in [-0.15, -0.1) is 0 Å². The van der Waals surface area contributed by atoms with E-state index in [0.29, 0.717) is 0 Å². The van der Waals surface area contributed by atoms with Crippen molar-refractivity contribution in [1.29, 1.82) is 0 Å². The van der Waals surface area contributed by atoms with Crippen molar-refractivity contribution in [2.75, 3.05) is 0 Å². The average molecular weight is 297 g/mol. The van der Waals surface area contributed by atoms with Gasteiger partial charge in [-0.1, -0.05) is 30.4 Å². The van der Waals surface area contributed by atoms with Crippen LogP contribution in [0.2, 0.25) is 0 Å². The van der Waals surface area contributed by atoms with Crippen molar-refractivity contribution in [3.63, 3.8) is 0 Å². The third-order valence-corrected chi connectivity index (χ3v) is 5.18. The number of fused-ring (bicyclic) bond motifs is 2. The summed E-state index contributed by atoms with van der Waals surface area (Å²) in [7, 11) is 0. The molecular weight excluding hydrogens is 278 g/mol. The molecule has 3 nitrogen and oxygen atoms in total. The van der Waals surface area contributed by atoms with E-state index in [2.05, 4.69) is 36.4 Å². The first-order chi connectivity index (χ1) is 10.3. The number of imidazole rings is 1. The van der Waals surface area contributed by atoms with Crippen molar-refractivity contribution in [3.8, 4) is 11.3 Å². The molecule has 0 saturated carbocycles. The second-order valence-electron chi connectivity index (χ2n) is 5.79. The molecule has 0 unspecified atom stereocenters. The Bertz CT molecular complexity index is 753. The van der Waals surface area contributed by atoms with Crippen LogP contribution >= 0.6 is 11.3 Å². The molecule has 4 rings (SSSR count). The predicted octanol–water partition coefficient (Wildman–Crippen LogP) is 4.29. The van der Waals surface area contributed by atoms with E-state index < -0.39 is 0 Å². The van der Waals surface area contributed by atoms with Gasteiger partial charge in [-0.05, 0) is 49.3 Å². The number of nitrogens with zero attached hydrogens (tertiary/aromatic N) is 3. The molecular formula is C17H19N3S. The Kier molecular flexibility index (Phi) is 3.26. The van der Waals surface area contributed by atoms with Crippen LogP contribution in [0.3, 0.4) is 0 Å². The smallest absolute Gasteiger partial charge is 0.212 e. The molecule has 4 heteroatoms. The molecule has 2 aromatic heterocycles. The minimum absolute atomic E-state index is 1.01. The van der Waals surface area contributed by atoms with Crippen molar-refractivity contribution >= 4 is 16.3 Å². The third kappa shape index (κ3) is 2.38. The van der Waals surface area contributed by atoms with Crippen molar-refractivity contribution in [1.82, 2.24) is 14.6 Å². The molecule has 0 spiro atoms. The average Bonchev–Trinajstić information content (AvgIpc) is 3.05. The summed E-state index contributed by atoms with van der Waals surface area (Å²) in [6, 6.07) is 6.82. The topological polar surface area (TPSA) is 30.2 Å². The van der Waals surface area contributed by atoms with E-state index in [9.17, 15) is 0 Å². The zero-order valence-corrected chi connectivity index (χ0v) is 13.1. The minimum Gasteiger partial charge on any atom is -0.217 e. The summed E-state index contributed by atoms with van der Waals surface area (Å²) in [6.45, 7) is 2.18. The maximum absolute atomic E-state index is 4.75. The SMILES string of the molecule is CCCc1nn2cc(-c3ccc4c(c3)CCCC4)nc2s1. The van der Waals surface area contributed by atoms with Gasteiger partial charge in [0, 0.05) is 12.0 Å². The lowest BCUT2D eigenvalue weighted by Crippen LogP contribution is -2.02. The third-order valence-electron chi connectivity index (χ3n) is 4.19. The van der Waals surface area contributed by atoms with E-state index in [0.717, 1.165) is 23.5 Å². The lowest BCUT2D eigenvalue weighted by Gasteiger charge is -2.15. The predicted molar refractivity (Wildman–Crippen MR) is 86.9 cm³/mol. The molecule has 1 aromatic carbocycles. The molecule has 0 fully saturated rings. The highest BCUT2D eigenvalue weighted by molar-refractivity contribution is 7.16. The van der Waals surface area contributed by atoms with Gasteiger partial charge in [-0.3, -0.25) is 0 Å². The second kappa shape index (κ2) is 5.26. The Morgan fingerprint density at radius 1 is 1.19 bits per heavy atom. The van der Waals surface area contributed by atoms with Gasteiger partial charge in [-0.25, -0.2) is 9.50 Å². The zero-order chi connectivity index (χ0) is 14.2. The highest BCUT2D eigenvalue weighted by Crippen LogP contribution is 2.28. The normalized spacial score (nSPS) is 14.5. The zero-order valence-electron chi connectivity index (χ0n) is 12.3. The van der Waals surface area contributed by atoms with Gasteiger partial charge < -0.3 is 0 Å². The summed E-state index contributed by atoms with van der Waals surface area (Å²) in [6.07, 6.45) is 9.33. The fourth-order valence-corrected chi connectivity index (χ4v) is 4.06. The van der Waals surface area contributed by atoms with Crippen LogP contribution in [-0.2, 0) is 19.3 Å². The van der Waals surface area contributed by atoms with Crippen LogP contribution in [0, 0.1) is 0 Å². The lowest BCUT2D eigenvalue weighted by molar-refractivity contribution is 0.686.